The van der Waals surface area contributed by atoms with Crippen LogP contribution in [0.3, 0.4) is 0 Å². The van der Waals surface area contributed by atoms with Gasteiger partial charge in [-0.05, 0) is 42.7 Å². The summed E-state index contributed by atoms with van der Waals surface area (Å²) in [6.45, 7) is 8.45. The highest BCUT2D eigenvalue weighted by molar-refractivity contribution is 5.77. The van der Waals surface area contributed by atoms with Gasteiger partial charge in [-0.15, -0.1) is 0 Å². The maximum Gasteiger partial charge on any atom is 0.260 e. The van der Waals surface area contributed by atoms with Crippen molar-refractivity contribution in [1.82, 2.24) is 9.80 Å². The zero-order valence-electron chi connectivity index (χ0n) is 16.2. The number of benzene rings is 2. The first-order chi connectivity index (χ1) is 13.1. The zero-order chi connectivity index (χ0) is 19.1. The van der Waals surface area contributed by atoms with E-state index in [0.29, 0.717) is 0 Å². The number of aryl methyl sites for hydroxylation is 2. The molecule has 1 fully saturated rings. The molecule has 0 aliphatic carbocycles. The smallest absolute Gasteiger partial charge is 0.260 e. The summed E-state index contributed by atoms with van der Waals surface area (Å²) in [5.41, 5.74) is 3.62. The summed E-state index contributed by atoms with van der Waals surface area (Å²) >= 11 is 0. The van der Waals surface area contributed by atoms with E-state index in [1.54, 1.807) is 0 Å². The largest absolute Gasteiger partial charge is 0.484 e. The van der Waals surface area contributed by atoms with E-state index >= 15 is 0 Å². The minimum Gasteiger partial charge on any atom is -0.484 e. The molecule has 0 aromatic heterocycles. The third-order valence-electron chi connectivity index (χ3n) is 5.04. The van der Waals surface area contributed by atoms with Gasteiger partial charge in [0.1, 0.15) is 5.75 Å². The van der Waals surface area contributed by atoms with Crippen LogP contribution in [-0.4, -0.2) is 55.0 Å². The number of ether oxygens (including phenoxy) is 1. The molecule has 1 aliphatic rings. The molecule has 4 nitrogen and oxygen atoms in total. The fourth-order valence-electron chi connectivity index (χ4n) is 3.12. The van der Waals surface area contributed by atoms with Crippen molar-refractivity contribution in [1.29, 1.82) is 0 Å². The van der Waals surface area contributed by atoms with Crippen LogP contribution in [0.2, 0.25) is 0 Å². The molecule has 0 spiro atoms. The van der Waals surface area contributed by atoms with Crippen molar-refractivity contribution in [2.75, 3.05) is 39.3 Å². The van der Waals surface area contributed by atoms with Gasteiger partial charge in [-0.3, -0.25) is 9.69 Å². The SMILES string of the molecule is Cc1ccc(OCC(=O)N2CCN(C/C=C/c3ccccc3)CC2)cc1C. The van der Waals surface area contributed by atoms with Gasteiger partial charge in [0.25, 0.3) is 5.91 Å². The maximum absolute atomic E-state index is 12.4. The lowest BCUT2D eigenvalue weighted by atomic mass is 10.1. The van der Waals surface area contributed by atoms with Crippen molar-refractivity contribution in [2.24, 2.45) is 0 Å². The van der Waals surface area contributed by atoms with Gasteiger partial charge in [0, 0.05) is 32.7 Å². The van der Waals surface area contributed by atoms with E-state index in [1.807, 2.05) is 41.3 Å². The van der Waals surface area contributed by atoms with E-state index in [4.69, 9.17) is 4.74 Å². The number of carbonyl (C=O) groups excluding carboxylic acids is 1. The summed E-state index contributed by atoms with van der Waals surface area (Å²) in [5, 5.41) is 0. The second kappa shape index (κ2) is 9.38. The van der Waals surface area contributed by atoms with E-state index in [0.717, 1.165) is 38.5 Å². The Kier molecular flexibility index (Phi) is 6.66. The first kappa shape index (κ1) is 19.2. The van der Waals surface area contributed by atoms with Gasteiger partial charge >= 0.3 is 0 Å². The van der Waals surface area contributed by atoms with Crippen LogP contribution in [0.4, 0.5) is 0 Å². The fraction of sp³-hybridized carbons (Fsp3) is 0.348. The predicted octanol–water partition coefficient (Wildman–Crippen LogP) is 3.54. The quantitative estimate of drug-likeness (QED) is 0.786. The third-order valence-corrected chi connectivity index (χ3v) is 5.04. The molecular weight excluding hydrogens is 336 g/mol. The van der Waals surface area contributed by atoms with Crippen LogP contribution in [0.5, 0.6) is 5.75 Å². The molecule has 0 N–H and O–H groups in total. The highest BCUT2D eigenvalue weighted by atomic mass is 16.5. The Labute approximate surface area is 162 Å². The van der Waals surface area contributed by atoms with Crippen molar-refractivity contribution in [3.63, 3.8) is 0 Å². The Hall–Kier alpha value is -2.59. The monoisotopic (exact) mass is 364 g/mol. The topological polar surface area (TPSA) is 32.8 Å². The molecule has 2 aromatic carbocycles. The summed E-state index contributed by atoms with van der Waals surface area (Å²) in [6.07, 6.45) is 4.34. The third kappa shape index (κ3) is 5.69. The van der Waals surface area contributed by atoms with Gasteiger partial charge in [-0.2, -0.15) is 0 Å². The number of hydrogen-bond acceptors (Lipinski definition) is 3. The predicted molar refractivity (Wildman–Crippen MR) is 110 cm³/mol. The van der Waals surface area contributed by atoms with E-state index in [-0.39, 0.29) is 12.5 Å². The van der Waals surface area contributed by atoms with Crippen molar-refractivity contribution >= 4 is 12.0 Å². The minimum absolute atomic E-state index is 0.0627. The maximum atomic E-state index is 12.4. The molecule has 0 atom stereocenters. The lowest BCUT2D eigenvalue weighted by molar-refractivity contribution is -0.135. The van der Waals surface area contributed by atoms with Crippen LogP contribution in [-0.2, 0) is 4.79 Å². The van der Waals surface area contributed by atoms with Gasteiger partial charge < -0.3 is 9.64 Å². The first-order valence-corrected chi connectivity index (χ1v) is 9.53. The Morgan fingerprint density at radius 2 is 1.74 bits per heavy atom. The summed E-state index contributed by atoms with van der Waals surface area (Å²) in [4.78, 5) is 16.7. The number of nitrogens with zero attached hydrogens (tertiary/aromatic N) is 2. The average molecular weight is 364 g/mol. The molecule has 1 amide bonds. The summed E-state index contributed by atoms with van der Waals surface area (Å²) in [7, 11) is 0. The normalized spacial score (nSPS) is 15.3. The van der Waals surface area contributed by atoms with Crippen LogP contribution in [0, 0.1) is 13.8 Å². The number of hydrogen-bond donors (Lipinski definition) is 0. The molecule has 27 heavy (non-hydrogen) atoms. The molecule has 0 radical (unpaired) electrons. The van der Waals surface area contributed by atoms with E-state index in [9.17, 15) is 4.79 Å². The molecule has 0 unspecified atom stereocenters. The summed E-state index contributed by atoms with van der Waals surface area (Å²) < 4.78 is 5.68. The molecule has 0 saturated carbocycles. The van der Waals surface area contributed by atoms with Crippen LogP contribution in [0.15, 0.2) is 54.6 Å². The number of amides is 1. The van der Waals surface area contributed by atoms with E-state index in [2.05, 4.69) is 43.0 Å². The van der Waals surface area contributed by atoms with Gasteiger partial charge in [0.15, 0.2) is 6.61 Å². The fourth-order valence-corrected chi connectivity index (χ4v) is 3.12. The van der Waals surface area contributed by atoms with Gasteiger partial charge in [-0.1, -0.05) is 48.6 Å². The first-order valence-electron chi connectivity index (χ1n) is 9.53. The van der Waals surface area contributed by atoms with Gasteiger partial charge in [-0.25, -0.2) is 0 Å². The molecule has 4 heteroatoms. The average Bonchev–Trinajstić information content (AvgIpc) is 2.70. The zero-order valence-corrected chi connectivity index (χ0v) is 16.2. The number of carbonyl (C=O) groups is 1. The molecule has 0 bridgehead atoms. The Bertz CT molecular complexity index is 778. The molecule has 1 saturated heterocycles. The lowest BCUT2D eigenvalue weighted by Crippen LogP contribution is -2.49. The van der Waals surface area contributed by atoms with E-state index in [1.165, 1.54) is 16.7 Å². The summed E-state index contributed by atoms with van der Waals surface area (Å²) in [6, 6.07) is 16.2. The van der Waals surface area contributed by atoms with Crippen molar-refractivity contribution in [3.8, 4) is 5.75 Å². The Morgan fingerprint density at radius 1 is 1.00 bits per heavy atom. The second-order valence-corrected chi connectivity index (χ2v) is 7.03. The molecule has 1 heterocycles. The van der Waals surface area contributed by atoms with Crippen LogP contribution in [0.1, 0.15) is 16.7 Å². The molecular formula is C23H28N2O2. The van der Waals surface area contributed by atoms with Crippen LogP contribution >= 0.6 is 0 Å². The number of piperazine rings is 1. The highest BCUT2D eigenvalue weighted by Crippen LogP contribution is 2.16. The standard InChI is InChI=1S/C23H28N2O2/c1-19-10-11-22(17-20(19)2)27-18-23(26)25-15-13-24(14-16-25)12-6-9-21-7-4-3-5-8-21/h3-11,17H,12-16,18H2,1-2H3/b9-6+. The second-order valence-electron chi connectivity index (χ2n) is 7.03. The minimum atomic E-state index is 0.0627. The van der Waals surface area contributed by atoms with Gasteiger partial charge in [0.2, 0.25) is 0 Å². The van der Waals surface area contributed by atoms with Gasteiger partial charge in [0.05, 0.1) is 0 Å². The van der Waals surface area contributed by atoms with Crippen molar-refractivity contribution in [2.45, 2.75) is 13.8 Å². The van der Waals surface area contributed by atoms with Crippen molar-refractivity contribution in [3.05, 3.63) is 71.3 Å². The van der Waals surface area contributed by atoms with Crippen LogP contribution < -0.4 is 4.74 Å². The van der Waals surface area contributed by atoms with Crippen molar-refractivity contribution < 1.29 is 9.53 Å². The lowest BCUT2D eigenvalue weighted by Gasteiger charge is -2.34. The molecule has 3 rings (SSSR count). The number of rotatable bonds is 6. The highest BCUT2D eigenvalue weighted by Gasteiger charge is 2.20. The summed E-state index contributed by atoms with van der Waals surface area (Å²) in [5.74, 6) is 0.823. The van der Waals surface area contributed by atoms with Crippen LogP contribution in [0.25, 0.3) is 6.08 Å². The van der Waals surface area contributed by atoms with E-state index < -0.39 is 0 Å². The Balaban J connectivity index is 1.39. The molecule has 142 valence electrons. The Morgan fingerprint density at radius 3 is 2.44 bits per heavy atom. The molecule has 1 aliphatic heterocycles. The molecule has 2 aromatic rings.